The molecule has 1 aliphatic heterocycles. The number of carbonyl (C=O) groups excluding carboxylic acids is 1. The molecule has 5 heteroatoms. The number of nitrogens with one attached hydrogen (secondary N) is 1. The Hall–Kier alpha value is -2.04. The van der Waals surface area contributed by atoms with E-state index in [1.807, 2.05) is 30.3 Å². The number of aliphatic carboxylic acids is 1. The Labute approximate surface area is 123 Å². The molecule has 1 aliphatic carbocycles. The van der Waals surface area contributed by atoms with Gasteiger partial charge in [0.1, 0.15) is 6.04 Å². The topological polar surface area (TPSA) is 69.6 Å². The fourth-order valence-electron chi connectivity index (χ4n) is 3.68. The number of carboxylic acid groups (broad SMARTS) is 1. The summed E-state index contributed by atoms with van der Waals surface area (Å²) >= 11 is 0. The summed E-state index contributed by atoms with van der Waals surface area (Å²) in [4.78, 5) is 25.6. The van der Waals surface area contributed by atoms with Crippen molar-refractivity contribution in [2.45, 2.75) is 44.2 Å². The van der Waals surface area contributed by atoms with Crippen molar-refractivity contribution in [3.63, 3.8) is 0 Å². The van der Waals surface area contributed by atoms with Crippen LogP contribution in [0.3, 0.4) is 0 Å². The van der Waals surface area contributed by atoms with Gasteiger partial charge in [-0.25, -0.2) is 9.59 Å². The van der Waals surface area contributed by atoms with E-state index in [0.29, 0.717) is 18.0 Å². The molecule has 0 bridgehead atoms. The Balaban J connectivity index is 1.79. The van der Waals surface area contributed by atoms with Crippen LogP contribution in [-0.2, 0) is 4.79 Å². The van der Waals surface area contributed by atoms with Crippen molar-refractivity contribution in [1.29, 1.82) is 0 Å². The number of benzene rings is 1. The second kappa shape index (κ2) is 5.76. The molecule has 0 radical (unpaired) electrons. The lowest BCUT2D eigenvalue weighted by molar-refractivity contribution is -0.141. The van der Waals surface area contributed by atoms with Crippen LogP contribution in [0, 0.1) is 5.92 Å². The Bertz CT molecular complexity index is 532. The van der Waals surface area contributed by atoms with E-state index >= 15 is 0 Å². The number of nitrogens with zero attached hydrogens (tertiary/aromatic N) is 1. The lowest BCUT2D eigenvalue weighted by Gasteiger charge is -2.32. The van der Waals surface area contributed by atoms with Gasteiger partial charge in [0, 0.05) is 11.7 Å². The number of likely N-dealkylation sites (tertiary alicyclic amines) is 1. The molecule has 21 heavy (non-hydrogen) atoms. The standard InChI is InChI=1S/C16H20N2O3/c19-15(20)14-10-11-6-4-5-9-13(11)18(14)16(21)17-12-7-2-1-3-8-12/h1-3,7-8,11,13-14H,4-6,9-10H2,(H,17,21)(H,19,20)/t11-,13-,14-/m1/s1. The molecule has 1 aromatic carbocycles. The van der Waals surface area contributed by atoms with Crippen molar-refractivity contribution < 1.29 is 14.7 Å². The lowest BCUT2D eigenvalue weighted by atomic mass is 9.85. The van der Waals surface area contributed by atoms with Crippen LogP contribution in [0.1, 0.15) is 32.1 Å². The first kappa shape index (κ1) is 13.9. The van der Waals surface area contributed by atoms with Gasteiger partial charge in [-0.1, -0.05) is 31.0 Å². The van der Waals surface area contributed by atoms with Crippen molar-refractivity contribution in [3.8, 4) is 0 Å². The van der Waals surface area contributed by atoms with Gasteiger partial charge in [-0.2, -0.15) is 0 Å². The molecule has 1 saturated heterocycles. The van der Waals surface area contributed by atoms with Gasteiger partial charge in [-0.15, -0.1) is 0 Å². The predicted octanol–water partition coefficient (Wildman–Crippen LogP) is 2.94. The molecule has 2 N–H and O–H groups in total. The quantitative estimate of drug-likeness (QED) is 0.879. The molecular formula is C16H20N2O3. The third kappa shape index (κ3) is 2.73. The third-order valence-electron chi connectivity index (χ3n) is 4.63. The van der Waals surface area contributed by atoms with E-state index in [4.69, 9.17) is 0 Å². The summed E-state index contributed by atoms with van der Waals surface area (Å²) < 4.78 is 0. The summed E-state index contributed by atoms with van der Waals surface area (Å²) in [5.41, 5.74) is 0.700. The van der Waals surface area contributed by atoms with E-state index in [1.54, 1.807) is 4.90 Å². The zero-order valence-electron chi connectivity index (χ0n) is 11.9. The maximum atomic E-state index is 12.5. The van der Waals surface area contributed by atoms with Crippen LogP contribution >= 0.6 is 0 Å². The first-order valence-corrected chi connectivity index (χ1v) is 7.54. The zero-order chi connectivity index (χ0) is 14.8. The molecule has 112 valence electrons. The van der Waals surface area contributed by atoms with Crippen LogP contribution in [0.5, 0.6) is 0 Å². The Kier molecular flexibility index (Phi) is 3.82. The Morgan fingerprint density at radius 2 is 1.86 bits per heavy atom. The molecule has 0 spiro atoms. The predicted molar refractivity (Wildman–Crippen MR) is 79.1 cm³/mol. The Morgan fingerprint density at radius 1 is 1.14 bits per heavy atom. The summed E-state index contributed by atoms with van der Waals surface area (Å²) in [6.45, 7) is 0. The number of para-hydroxylation sites is 1. The van der Waals surface area contributed by atoms with Gasteiger partial charge < -0.3 is 15.3 Å². The SMILES string of the molecule is O=C(O)[C@H]1C[C@H]2CCCC[C@H]2N1C(=O)Nc1ccccc1. The first-order chi connectivity index (χ1) is 10.2. The fraction of sp³-hybridized carbons (Fsp3) is 0.500. The minimum Gasteiger partial charge on any atom is -0.480 e. The second-order valence-electron chi connectivity index (χ2n) is 5.91. The number of fused-ring (bicyclic) bond motifs is 1. The van der Waals surface area contributed by atoms with E-state index in [9.17, 15) is 14.7 Å². The average molecular weight is 288 g/mol. The molecule has 3 atom stereocenters. The highest BCUT2D eigenvalue weighted by Gasteiger charge is 2.47. The van der Waals surface area contributed by atoms with E-state index in [1.165, 1.54) is 0 Å². The number of rotatable bonds is 2. The second-order valence-corrected chi connectivity index (χ2v) is 5.91. The number of amides is 2. The zero-order valence-corrected chi connectivity index (χ0v) is 11.9. The lowest BCUT2D eigenvalue weighted by Crippen LogP contribution is -2.48. The van der Waals surface area contributed by atoms with Gasteiger partial charge in [0.25, 0.3) is 0 Å². The van der Waals surface area contributed by atoms with Crippen LogP contribution in [0.15, 0.2) is 30.3 Å². The maximum Gasteiger partial charge on any atom is 0.326 e. The summed E-state index contributed by atoms with van der Waals surface area (Å²) in [6.07, 6.45) is 4.74. The molecule has 0 aromatic heterocycles. The first-order valence-electron chi connectivity index (χ1n) is 7.54. The van der Waals surface area contributed by atoms with Crippen molar-refractivity contribution in [2.24, 2.45) is 5.92 Å². The molecule has 2 aliphatic rings. The van der Waals surface area contributed by atoms with E-state index in [0.717, 1.165) is 25.7 Å². The highest BCUT2D eigenvalue weighted by molar-refractivity contribution is 5.93. The molecular weight excluding hydrogens is 268 g/mol. The number of hydrogen-bond donors (Lipinski definition) is 2. The minimum absolute atomic E-state index is 0.0727. The van der Waals surface area contributed by atoms with E-state index in [-0.39, 0.29) is 12.1 Å². The van der Waals surface area contributed by atoms with Gasteiger partial charge in [0.05, 0.1) is 0 Å². The van der Waals surface area contributed by atoms with Crippen molar-refractivity contribution >= 4 is 17.7 Å². The van der Waals surface area contributed by atoms with Crippen molar-refractivity contribution in [2.75, 3.05) is 5.32 Å². The van der Waals surface area contributed by atoms with Crippen molar-refractivity contribution in [3.05, 3.63) is 30.3 Å². The van der Waals surface area contributed by atoms with Gasteiger partial charge in [-0.05, 0) is 37.3 Å². The molecule has 3 rings (SSSR count). The highest BCUT2D eigenvalue weighted by atomic mass is 16.4. The van der Waals surface area contributed by atoms with Gasteiger partial charge in [0.15, 0.2) is 0 Å². The average Bonchev–Trinajstić information content (AvgIpc) is 2.88. The van der Waals surface area contributed by atoms with E-state index in [2.05, 4.69) is 5.32 Å². The smallest absolute Gasteiger partial charge is 0.326 e. The number of hydrogen-bond acceptors (Lipinski definition) is 2. The van der Waals surface area contributed by atoms with Crippen LogP contribution in [-0.4, -0.2) is 34.1 Å². The summed E-state index contributed by atoms with van der Waals surface area (Å²) in [5.74, 6) is -0.561. The molecule has 1 aromatic rings. The number of carbonyl (C=O) groups is 2. The summed E-state index contributed by atoms with van der Waals surface area (Å²) in [7, 11) is 0. The van der Waals surface area contributed by atoms with Crippen LogP contribution in [0.2, 0.25) is 0 Å². The molecule has 0 unspecified atom stereocenters. The number of urea groups is 1. The highest BCUT2D eigenvalue weighted by Crippen LogP contribution is 2.40. The number of anilines is 1. The van der Waals surface area contributed by atoms with Gasteiger partial charge >= 0.3 is 12.0 Å². The minimum atomic E-state index is -0.896. The molecule has 5 nitrogen and oxygen atoms in total. The molecule has 2 amide bonds. The largest absolute Gasteiger partial charge is 0.480 e. The van der Waals surface area contributed by atoms with Gasteiger partial charge in [0.2, 0.25) is 0 Å². The Morgan fingerprint density at radius 3 is 2.57 bits per heavy atom. The molecule has 2 fully saturated rings. The monoisotopic (exact) mass is 288 g/mol. The molecule has 1 saturated carbocycles. The van der Waals surface area contributed by atoms with Crippen LogP contribution in [0.25, 0.3) is 0 Å². The fourth-order valence-corrected chi connectivity index (χ4v) is 3.68. The van der Waals surface area contributed by atoms with Crippen LogP contribution in [0.4, 0.5) is 10.5 Å². The molecule has 1 heterocycles. The van der Waals surface area contributed by atoms with Crippen LogP contribution < -0.4 is 5.32 Å². The third-order valence-corrected chi connectivity index (χ3v) is 4.63. The van der Waals surface area contributed by atoms with Crippen molar-refractivity contribution in [1.82, 2.24) is 4.90 Å². The number of carboxylic acids is 1. The van der Waals surface area contributed by atoms with E-state index < -0.39 is 12.0 Å². The summed E-state index contributed by atoms with van der Waals surface area (Å²) in [5, 5.41) is 12.2. The van der Waals surface area contributed by atoms with Gasteiger partial charge in [-0.3, -0.25) is 0 Å². The normalized spacial score (nSPS) is 28.0. The summed E-state index contributed by atoms with van der Waals surface area (Å²) in [6, 6.07) is 8.27. The maximum absolute atomic E-state index is 12.5.